The number of Topliss-reactive ketones (excluding diaryl/α,β-unsaturated/α-hetero) is 1. The van der Waals surface area contributed by atoms with Crippen molar-refractivity contribution < 1.29 is 4.79 Å². The van der Waals surface area contributed by atoms with Crippen molar-refractivity contribution in [3.8, 4) is 0 Å². The smallest absolute Gasteiger partial charge is 0.137 e. The normalized spacial score (nSPS) is 12.3. The molecule has 2 aromatic rings. The van der Waals surface area contributed by atoms with Crippen LogP contribution in [0.5, 0.6) is 0 Å². The number of carbonyl (C=O) groups excluding carboxylic acids is 1. The number of nitrogens with zero attached hydrogens (tertiary/aromatic N) is 2. The molecule has 0 radical (unpaired) electrons. The van der Waals surface area contributed by atoms with Gasteiger partial charge in [-0.2, -0.15) is 0 Å². The molecule has 118 valence electrons. The lowest BCUT2D eigenvalue weighted by atomic mass is 9.98. The summed E-state index contributed by atoms with van der Waals surface area (Å²) in [6, 6.07) is 8.83. The predicted octanol–water partition coefficient (Wildman–Crippen LogP) is 4.57. The van der Waals surface area contributed by atoms with Gasteiger partial charge in [-0.05, 0) is 24.0 Å². The van der Waals surface area contributed by atoms with Crippen molar-refractivity contribution in [3.63, 3.8) is 0 Å². The fourth-order valence-electron chi connectivity index (χ4n) is 2.76. The molecule has 0 aliphatic carbocycles. The standard InChI is InChI=1S/C19H26N2O/c1-3-5-7-18(22)14-16-8-10-17(11-9-16)19(6-4-2)21-13-12-20-15-21/h8-13,15,19H,3-7,14H2,1-2H3. The second-order valence-electron chi connectivity index (χ2n) is 5.87. The van der Waals surface area contributed by atoms with E-state index in [1.54, 1.807) is 0 Å². The van der Waals surface area contributed by atoms with Crippen LogP contribution in [0, 0.1) is 0 Å². The molecule has 1 aromatic carbocycles. The number of ketones is 1. The molecule has 0 amide bonds. The quantitative estimate of drug-likeness (QED) is 0.679. The average Bonchev–Trinajstić information content (AvgIpc) is 3.06. The van der Waals surface area contributed by atoms with Crippen LogP contribution in [0.2, 0.25) is 0 Å². The number of imidazole rings is 1. The van der Waals surface area contributed by atoms with Crippen molar-refractivity contribution in [1.29, 1.82) is 0 Å². The zero-order chi connectivity index (χ0) is 15.8. The number of unbranched alkanes of at least 4 members (excludes halogenated alkanes) is 1. The van der Waals surface area contributed by atoms with Gasteiger partial charge < -0.3 is 4.57 Å². The highest BCUT2D eigenvalue weighted by molar-refractivity contribution is 5.80. The molecule has 0 aliphatic heterocycles. The van der Waals surface area contributed by atoms with Gasteiger partial charge in [-0.3, -0.25) is 4.79 Å². The predicted molar refractivity (Wildman–Crippen MR) is 90.0 cm³/mol. The van der Waals surface area contributed by atoms with E-state index in [0.717, 1.165) is 31.2 Å². The van der Waals surface area contributed by atoms with E-state index in [4.69, 9.17) is 0 Å². The maximum absolute atomic E-state index is 11.9. The molecule has 0 saturated heterocycles. The van der Waals surface area contributed by atoms with Gasteiger partial charge in [0.1, 0.15) is 5.78 Å². The Kier molecular flexibility index (Phi) is 6.38. The summed E-state index contributed by atoms with van der Waals surface area (Å²) in [7, 11) is 0. The number of carbonyl (C=O) groups is 1. The van der Waals surface area contributed by atoms with Gasteiger partial charge in [-0.1, -0.05) is 51.0 Å². The van der Waals surface area contributed by atoms with E-state index in [9.17, 15) is 4.79 Å². The van der Waals surface area contributed by atoms with Crippen molar-refractivity contribution in [1.82, 2.24) is 9.55 Å². The first-order chi connectivity index (χ1) is 10.7. The molecule has 0 N–H and O–H groups in total. The van der Waals surface area contributed by atoms with Crippen molar-refractivity contribution in [3.05, 3.63) is 54.1 Å². The summed E-state index contributed by atoms with van der Waals surface area (Å²) in [5.74, 6) is 0.342. The van der Waals surface area contributed by atoms with Crippen LogP contribution >= 0.6 is 0 Å². The van der Waals surface area contributed by atoms with Crippen molar-refractivity contribution in [2.75, 3.05) is 0 Å². The topological polar surface area (TPSA) is 34.9 Å². The largest absolute Gasteiger partial charge is 0.330 e. The fourth-order valence-corrected chi connectivity index (χ4v) is 2.76. The molecule has 1 unspecified atom stereocenters. The summed E-state index contributed by atoms with van der Waals surface area (Å²) in [6.07, 6.45) is 11.3. The highest BCUT2D eigenvalue weighted by Gasteiger charge is 2.12. The van der Waals surface area contributed by atoms with Crippen molar-refractivity contribution >= 4 is 5.78 Å². The lowest BCUT2D eigenvalue weighted by Gasteiger charge is -2.18. The summed E-state index contributed by atoms with van der Waals surface area (Å²) in [6.45, 7) is 4.32. The van der Waals surface area contributed by atoms with E-state index in [1.165, 1.54) is 5.56 Å². The number of rotatable bonds is 9. The molecule has 3 nitrogen and oxygen atoms in total. The Morgan fingerprint density at radius 3 is 2.55 bits per heavy atom. The van der Waals surface area contributed by atoms with E-state index in [1.807, 2.05) is 18.7 Å². The highest BCUT2D eigenvalue weighted by Crippen LogP contribution is 2.23. The van der Waals surface area contributed by atoms with Crippen LogP contribution in [-0.2, 0) is 11.2 Å². The van der Waals surface area contributed by atoms with Crippen LogP contribution in [-0.4, -0.2) is 15.3 Å². The van der Waals surface area contributed by atoms with Crippen LogP contribution < -0.4 is 0 Å². The Morgan fingerprint density at radius 1 is 1.18 bits per heavy atom. The Balaban J connectivity index is 2.05. The maximum atomic E-state index is 11.9. The molecule has 22 heavy (non-hydrogen) atoms. The summed E-state index contributed by atoms with van der Waals surface area (Å²) in [5.41, 5.74) is 2.40. The third-order valence-corrected chi connectivity index (χ3v) is 4.02. The Morgan fingerprint density at radius 2 is 1.95 bits per heavy atom. The summed E-state index contributed by atoms with van der Waals surface area (Å²) in [4.78, 5) is 16.0. The molecule has 0 saturated carbocycles. The minimum atomic E-state index is 0.331. The minimum Gasteiger partial charge on any atom is -0.330 e. The SMILES string of the molecule is CCCCC(=O)Cc1ccc(C(CCC)n2ccnc2)cc1. The average molecular weight is 298 g/mol. The van der Waals surface area contributed by atoms with Crippen LogP contribution in [0.1, 0.15) is 63.1 Å². The summed E-state index contributed by atoms with van der Waals surface area (Å²) >= 11 is 0. The molecule has 0 fully saturated rings. The monoisotopic (exact) mass is 298 g/mol. The number of hydrogen-bond acceptors (Lipinski definition) is 2. The molecule has 0 aliphatic rings. The van der Waals surface area contributed by atoms with Crippen molar-refractivity contribution in [2.45, 2.75) is 58.4 Å². The maximum Gasteiger partial charge on any atom is 0.137 e. The number of aromatic nitrogens is 2. The van der Waals surface area contributed by atoms with Gasteiger partial charge in [-0.25, -0.2) is 4.98 Å². The van der Waals surface area contributed by atoms with Crippen molar-refractivity contribution in [2.24, 2.45) is 0 Å². The first-order valence-electron chi connectivity index (χ1n) is 8.32. The van der Waals surface area contributed by atoms with E-state index in [0.29, 0.717) is 24.7 Å². The Bertz CT molecular complexity index is 558. The molecule has 2 rings (SSSR count). The third kappa shape index (κ3) is 4.55. The highest BCUT2D eigenvalue weighted by atomic mass is 16.1. The lowest BCUT2D eigenvalue weighted by Crippen LogP contribution is -2.09. The molecule has 0 bridgehead atoms. The van der Waals surface area contributed by atoms with Crippen LogP contribution in [0.25, 0.3) is 0 Å². The fraction of sp³-hybridized carbons (Fsp3) is 0.474. The second kappa shape index (κ2) is 8.52. The van der Waals surface area contributed by atoms with Crippen LogP contribution in [0.15, 0.2) is 43.0 Å². The van der Waals surface area contributed by atoms with E-state index < -0.39 is 0 Å². The molecular weight excluding hydrogens is 272 g/mol. The zero-order valence-electron chi connectivity index (χ0n) is 13.7. The van der Waals surface area contributed by atoms with E-state index in [2.05, 4.69) is 47.7 Å². The second-order valence-corrected chi connectivity index (χ2v) is 5.87. The zero-order valence-corrected chi connectivity index (χ0v) is 13.7. The lowest BCUT2D eigenvalue weighted by molar-refractivity contribution is -0.118. The van der Waals surface area contributed by atoms with Gasteiger partial charge in [-0.15, -0.1) is 0 Å². The Hall–Kier alpha value is -1.90. The molecule has 1 aromatic heterocycles. The van der Waals surface area contributed by atoms with Crippen LogP contribution in [0.4, 0.5) is 0 Å². The summed E-state index contributed by atoms with van der Waals surface area (Å²) < 4.78 is 2.16. The number of hydrogen-bond donors (Lipinski definition) is 0. The number of benzene rings is 1. The van der Waals surface area contributed by atoms with Gasteiger partial charge in [0.2, 0.25) is 0 Å². The van der Waals surface area contributed by atoms with Gasteiger partial charge in [0, 0.05) is 25.2 Å². The van der Waals surface area contributed by atoms with E-state index >= 15 is 0 Å². The molecule has 1 atom stereocenters. The molecule has 3 heteroatoms. The van der Waals surface area contributed by atoms with Crippen LogP contribution in [0.3, 0.4) is 0 Å². The molecule has 1 heterocycles. The molecule has 0 spiro atoms. The Labute approximate surface area is 133 Å². The van der Waals surface area contributed by atoms with E-state index in [-0.39, 0.29) is 0 Å². The van der Waals surface area contributed by atoms with Gasteiger partial charge >= 0.3 is 0 Å². The van der Waals surface area contributed by atoms with Gasteiger partial charge in [0.05, 0.1) is 12.4 Å². The molecular formula is C19H26N2O. The van der Waals surface area contributed by atoms with Gasteiger partial charge in [0.25, 0.3) is 0 Å². The third-order valence-electron chi connectivity index (χ3n) is 4.02. The first kappa shape index (κ1) is 16.5. The summed E-state index contributed by atoms with van der Waals surface area (Å²) in [5, 5.41) is 0. The minimum absolute atomic E-state index is 0.331. The first-order valence-corrected chi connectivity index (χ1v) is 8.32. The van der Waals surface area contributed by atoms with Gasteiger partial charge in [0.15, 0.2) is 0 Å².